The number of aromatic nitrogens is 2. The van der Waals surface area contributed by atoms with Crippen molar-refractivity contribution in [3.63, 3.8) is 0 Å². The van der Waals surface area contributed by atoms with Crippen molar-refractivity contribution in [2.24, 2.45) is 0 Å². The average molecular weight is 598 g/mol. The highest BCUT2D eigenvalue weighted by molar-refractivity contribution is 6.31. The van der Waals surface area contributed by atoms with E-state index >= 15 is 0 Å². The minimum Gasteiger partial charge on any atom is -0.494 e. The van der Waals surface area contributed by atoms with Crippen molar-refractivity contribution in [2.45, 2.75) is 32.6 Å². The molecule has 1 fully saturated rings. The van der Waals surface area contributed by atoms with Crippen LogP contribution in [0.4, 0.5) is 10.3 Å². The molecule has 43 heavy (non-hydrogen) atoms. The van der Waals surface area contributed by atoms with Gasteiger partial charge in [-0.05, 0) is 65.6 Å². The summed E-state index contributed by atoms with van der Waals surface area (Å²) in [6, 6.07) is 31.4. The van der Waals surface area contributed by atoms with E-state index in [9.17, 15) is 4.39 Å². The molecule has 0 bridgehead atoms. The van der Waals surface area contributed by atoms with Gasteiger partial charge in [0.1, 0.15) is 11.6 Å². The summed E-state index contributed by atoms with van der Waals surface area (Å²) in [5.74, 6) is 1.26. The molecule has 0 aliphatic carbocycles. The summed E-state index contributed by atoms with van der Waals surface area (Å²) in [7, 11) is 0. The minimum atomic E-state index is -0.262. The van der Waals surface area contributed by atoms with Gasteiger partial charge >= 0.3 is 0 Å². The van der Waals surface area contributed by atoms with Crippen LogP contribution in [0.25, 0.3) is 11.0 Å². The van der Waals surface area contributed by atoms with E-state index in [-0.39, 0.29) is 5.82 Å². The van der Waals surface area contributed by atoms with E-state index in [1.165, 1.54) is 28.8 Å². The van der Waals surface area contributed by atoms with Gasteiger partial charge < -0.3 is 14.6 Å². The van der Waals surface area contributed by atoms with Crippen LogP contribution in [0.3, 0.4) is 0 Å². The van der Waals surface area contributed by atoms with Gasteiger partial charge in [0, 0.05) is 57.4 Å². The lowest BCUT2D eigenvalue weighted by Gasteiger charge is -2.35. The van der Waals surface area contributed by atoms with E-state index in [0.717, 1.165) is 74.2 Å². The van der Waals surface area contributed by atoms with Gasteiger partial charge in [0.25, 0.3) is 0 Å². The Morgan fingerprint density at radius 2 is 1.44 bits per heavy atom. The zero-order valence-corrected chi connectivity index (χ0v) is 25.0. The first-order valence-electron chi connectivity index (χ1n) is 14.9. The molecule has 1 aromatic heterocycles. The molecular formula is C35H37ClFN5O. The maximum atomic E-state index is 13.2. The first-order chi connectivity index (χ1) is 21.1. The third kappa shape index (κ3) is 7.73. The van der Waals surface area contributed by atoms with Gasteiger partial charge in [-0.2, -0.15) is 0 Å². The lowest BCUT2D eigenvalue weighted by atomic mass is 10.1. The number of hydrogen-bond acceptors (Lipinski definition) is 5. The molecule has 1 N–H and O–H groups in total. The Morgan fingerprint density at radius 3 is 2.21 bits per heavy atom. The van der Waals surface area contributed by atoms with Crippen LogP contribution in [0.1, 0.15) is 23.1 Å². The van der Waals surface area contributed by atoms with Gasteiger partial charge in [-0.15, -0.1) is 0 Å². The van der Waals surface area contributed by atoms with Crippen LogP contribution in [0.2, 0.25) is 5.02 Å². The molecule has 0 spiro atoms. The van der Waals surface area contributed by atoms with E-state index in [1.807, 2.05) is 30.3 Å². The number of nitrogens with zero attached hydrogens (tertiary/aromatic N) is 4. The Hall–Kier alpha value is -3.91. The number of para-hydroxylation sites is 2. The zero-order chi connectivity index (χ0) is 29.4. The molecule has 0 radical (unpaired) electrons. The molecule has 1 aliphatic rings. The third-order valence-corrected chi connectivity index (χ3v) is 8.33. The van der Waals surface area contributed by atoms with Crippen molar-refractivity contribution in [3.8, 4) is 5.75 Å². The number of ether oxygens (including phenoxy) is 1. The predicted octanol–water partition coefficient (Wildman–Crippen LogP) is 7.23. The van der Waals surface area contributed by atoms with E-state index in [4.69, 9.17) is 21.3 Å². The topological polar surface area (TPSA) is 45.6 Å². The highest BCUT2D eigenvalue weighted by Crippen LogP contribution is 2.22. The first kappa shape index (κ1) is 29.2. The lowest BCUT2D eigenvalue weighted by molar-refractivity contribution is 0.122. The number of anilines is 1. The smallest absolute Gasteiger partial charge is 0.204 e. The van der Waals surface area contributed by atoms with Crippen LogP contribution in [0.5, 0.6) is 5.75 Å². The molecule has 222 valence electrons. The van der Waals surface area contributed by atoms with Gasteiger partial charge in [0.15, 0.2) is 0 Å². The van der Waals surface area contributed by atoms with Crippen LogP contribution in [-0.4, -0.2) is 52.1 Å². The van der Waals surface area contributed by atoms with Gasteiger partial charge in [0.2, 0.25) is 5.95 Å². The molecule has 1 aliphatic heterocycles. The summed E-state index contributed by atoms with van der Waals surface area (Å²) in [6.07, 6.45) is 0.801. The second kappa shape index (κ2) is 14.0. The SMILES string of the molecule is Fc1ccc(OCCCn2c(NCc3ccc(CN4CCN(Cc5ccccc5Cl)CC4)cc3)nc3ccccc32)cc1. The Kier molecular flexibility index (Phi) is 9.53. The van der Waals surface area contributed by atoms with E-state index < -0.39 is 0 Å². The highest BCUT2D eigenvalue weighted by atomic mass is 35.5. The van der Waals surface area contributed by atoms with Crippen molar-refractivity contribution in [1.82, 2.24) is 19.4 Å². The Labute approximate surface area is 257 Å². The maximum Gasteiger partial charge on any atom is 0.204 e. The summed E-state index contributed by atoms with van der Waals surface area (Å²) in [5.41, 5.74) is 5.80. The Balaban J connectivity index is 0.995. The number of aryl methyl sites for hydroxylation is 1. The molecule has 6 rings (SSSR count). The molecule has 0 atom stereocenters. The number of fused-ring (bicyclic) bond motifs is 1. The molecule has 0 unspecified atom stereocenters. The van der Waals surface area contributed by atoms with Crippen molar-refractivity contribution < 1.29 is 9.13 Å². The number of halogens is 2. The molecule has 4 aromatic carbocycles. The molecule has 1 saturated heterocycles. The van der Waals surface area contributed by atoms with E-state index in [0.29, 0.717) is 18.9 Å². The second-order valence-electron chi connectivity index (χ2n) is 11.0. The van der Waals surface area contributed by atoms with Gasteiger partial charge in [-0.1, -0.05) is 66.2 Å². The van der Waals surface area contributed by atoms with Gasteiger partial charge in [-0.3, -0.25) is 9.80 Å². The quantitative estimate of drug-likeness (QED) is 0.154. The number of hydrogen-bond donors (Lipinski definition) is 1. The van der Waals surface area contributed by atoms with Crippen LogP contribution in [0, 0.1) is 5.82 Å². The summed E-state index contributed by atoms with van der Waals surface area (Å²) in [6.45, 7) is 8.06. The third-order valence-electron chi connectivity index (χ3n) is 7.96. The molecular weight excluding hydrogens is 561 g/mol. The maximum absolute atomic E-state index is 13.2. The normalized spacial score (nSPS) is 14.3. The monoisotopic (exact) mass is 597 g/mol. The van der Waals surface area contributed by atoms with Crippen LogP contribution >= 0.6 is 11.6 Å². The summed E-state index contributed by atoms with van der Waals surface area (Å²) < 4.78 is 21.2. The molecule has 5 aromatic rings. The molecule has 6 nitrogen and oxygen atoms in total. The Bertz CT molecular complexity index is 1610. The number of benzene rings is 4. The average Bonchev–Trinajstić information content (AvgIpc) is 3.39. The molecule has 0 saturated carbocycles. The highest BCUT2D eigenvalue weighted by Gasteiger charge is 2.18. The summed E-state index contributed by atoms with van der Waals surface area (Å²) >= 11 is 6.36. The number of imidazole rings is 1. The largest absolute Gasteiger partial charge is 0.494 e. The van der Waals surface area contributed by atoms with Gasteiger partial charge in [-0.25, -0.2) is 9.37 Å². The van der Waals surface area contributed by atoms with E-state index in [2.05, 4.69) is 62.1 Å². The summed E-state index contributed by atoms with van der Waals surface area (Å²) in [5, 5.41) is 4.41. The Morgan fingerprint density at radius 1 is 0.767 bits per heavy atom. The second-order valence-corrected chi connectivity index (χ2v) is 11.5. The van der Waals surface area contributed by atoms with E-state index in [1.54, 1.807) is 12.1 Å². The number of piperazine rings is 1. The first-order valence-corrected chi connectivity index (χ1v) is 15.3. The van der Waals surface area contributed by atoms with Crippen LogP contribution in [0.15, 0.2) is 97.1 Å². The van der Waals surface area contributed by atoms with Crippen LogP contribution in [-0.2, 0) is 26.2 Å². The molecule has 2 heterocycles. The standard InChI is InChI=1S/C35H37ClFN5O/c36-32-7-2-1-6-29(32)26-41-21-19-40(20-22-41)25-28-12-10-27(11-13-28)24-38-35-39-33-8-3-4-9-34(33)42(35)18-5-23-43-31-16-14-30(37)15-17-31/h1-4,6-17H,5,18-26H2,(H,38,39). The van der Waals surface area contributed by atoms with Crippen LogP contribution < -0.4 is 10.1 Å². The predicted molar refractivity (Wildman–Crippen MR) is 172 cm³/mol. The fourth-order valence-corrected chi connectivity index (χ4v) is 5.75. The van der Waals surface area contributed by atoms with Crippen molar-refractivity contribution in [1.29, 1.82) is 0 Å². The number of nitrogens with one attached hydrogen (secondary N) is 1. The summed E-state index contributed by atoms with van der Waals surface area (Å²) in [4.78, 5) is 9.87. The lowest BCUT2D eigenvalue weighted by Crippen LogP contribution is -2.45. The van der Waals surface area contributed by atoms with Crippen molar-refractivity contribution >= 4 is 28.6 Å². The number of rotatable bonds is 12. The minimum absolute atomic E-state index is 0.262. The fourth-order valence-electron chi connectivity index (χ4n) is 5.56. The van der Waals surface area contributed by atoms with Crippen molar-refractivity contribution in [3.05, 3.63) is 125 Å². The fraction of sp³-hybridized carbons (Fsp3) is 0.286. The molecule has 8 heteroatoms. The van der Waals surface area contributed by atoms with Gasteiger partial charge in [0.05, 0.1) is 17.6 Å². The molecule has 0 amide bonds. The van der Waals surface area contributed by atoms with Crippen molar-refractivity contribution in [2.75, 3.05) is 38.1 Å². The zero-order valence-electron chi connectivity index (χ0n) is 24.3.